The first kappa shape index (κ1) is 16.0. The Hall–Kier alpha value is -2.05. The van der Waals surface area contributed by atoms with Gasteiger partial charge in [-0.2, -0.15) is 0 Å². The highest BCUT2D eigenvalue weighted by molar-refractivity contribution is 6.05. The van der Waals surface area contributed by atoms with Crippen molar-refractivity contribution in [2.24, 2.45) is 11.7 Å². The molecule has 0 amide bonds. The lowest BCUT2D eigenvalue weighted by Crippen LogP contribution is -2.32. The number of carboxylic acid groups (broad SMARTS) is 1. The summed E-state index contributed by atoms with van der Waals surface area (Å²) in [4.78, 5) is 33.4. The zero-order chi connectivity index (χ0) is 15.1. The Labute approximate surface area is 116 Å². The third kappa shape index (κ3) is 4.25. The smallest absolute Gasteiger partial charge is 0.320 e. The molecule has 1 aromatic carbocycles. The molecule has 20 heavy (non-hydrogen) atoms. The molecular formula is C14H17NO5. The molecule has 0 aliphatic carbocycles. The van der Waals surface area contributed by atoms with Crippen LogP contribution in [0, 0.1) is 5.92 Å². The number of benzene rings is 1. The van der Waals surface area contributed by atoms with Crippen molar-refractivity contribution in [2.45, 2.75) is 12.5 Å². The van der Waals surface area contributed by atoms with Crippen LogP contribution in [-0.2, 0) is 20.7 Å². The monoisotopic (exact) mass is 279 g/mol. The van der Waals surface area contributed by atoms with Crippen LogP contribution in [0.15, 0.2) is 24.3 Å². The highest BCUT2D eigenvalue weighted by atomic mass is 16.5. The van der Waals surface area contributed by atoms with E-state index in [1.807, 2.05) is 0 Å². The van der Waals surface area contributed by atoms with Crippen LogP contribution in [0.2, 0.25) is 0 Å². The Morgan fingerprint density at radius 2 is 1.95 bits per heavy atom. The number of hydrogen-bond acceptors (Lipinski definition) is 5. The number of hydrogen-bond donors (Lipinski definition) is 2. The molecule has 3 N–H and O–H groups in total. The number of methoxy groups -OCH3 is 1. The van der Waals surface area contributed by atoms with Gasteiger partial charge in [0.15, 0.2) is 5.78 Å². The average molecular weight is 279 g/mol. The number of nitrogens with two attached hydrogens (primary N) is 1. The van der Waals surface area contributed by atoms with E-state index in [0.29, 0.717) is 17.4 Å². The standard InChI is InChI=1S/C14H17NO5/c1-20-8-11(7-16)13(17)10-4-2-9(3-5-10)6-12(15)14(18)19/h2-5,7,11-12H,6,8,15H2,1H3,(H,18,19). The zero-order valence-electron chi connectivity index (χ0n) is 11.1. The summed E-state index contributed by atoms with van der Waals surface area (Å²) in [5, 5.41) is 8.72. The van der Waals surface area contributed by atoms with Gasteiger partial charge in [0.25, 0.3) is 0 Å². The van der Waals surface area contributed by atoms with Crippen LogP contribution in [-0.4, -0.2) is 42.9 Å². The molecule has 1 rings (SSSR count). The summed E-state index contributed by atoms with van der Waals surface area (Å²) in [5.74, 6) is -2.23. The maximum absolute atomic E-state index is 12.0. The molecule has 0 saturated carbocycles. The molecule has 2 unspecified atom stereocenters. The number of rotatable bonds is 8. The van der Waals surface area contributed by atoms with Crippen molar-refractivity contribution in [3.05, 3.63) is 35.4 Å². The molecule has 0 aliphatic rings. The van der Waals surface area contributed by atoms with Crippen LogP contribution in [0.3, 0.4) is 0 Å². The first-order chi connectivity index (χ1) is 9.49. The number of carbonyl (C=O) groups excluding carboxylic acids is 2. The lowest BCUT2D eigenvalue weighted by atomic mass is 9.97. The van der Waals surface area contributed by atoms with E-state index in [1.165, 1.54) is 7.11 Å². The molecule has 0 radical (unpaired) electrons. The number of carboxylic acids is 1. The van der Waals surface area contributed by atoms with Gasteiger partial charge in [0.1, 0.15) is 18.2 Å². The predicted molar refractivity (Wildman–Crippen MR) is 71.5 cm³/mol. The van der Waals surface area contributed by atoms with Gasteiger partial charge in [0.05, 0.1) is 6.61 Å². The van der Waals surface area contributed by atoms with E-state index in [-0.39, 0.29) is 18.8 Å². The van der Waals surface area contributed by atoms with Gasteiger partial charge in [-0.25, -0.2) is 0 Å². The lowest BCUT2D eigenvalue weighted by molar-refractivity contribution is -0.138. The summed E-state index contributed by atoms with van der Waals surface area (Å²) < 4.78 is 4.81. The Kier molecular flexibility index (Phi) is 6.02. The third-order valence-electron chi connectivity index (χ3n) is 2.86. The van der Waals surface area contributed by atoms with Gasteiger partial charge in [-0.1, -0.05) is 24.3 Å². The third-order valence-corrected chi connectivity index (χ3v) is 2.86. The van der Waals surface area contributed by atoms with Crippen LogP contribution in [0.4, 0.5) is 0 Å². The number of carbonyl (C=O) groups is 3. The minimum Gasteiger partial charge on any atom is -0.480 e. The summed E-state index contributed by atoms with van der Waals surface area (Å²) >= 11 is 0. The normalized spacial score (nSPS) is 13.5. The SMILES string of the molecule is COCC(C=O)C(=O)c1ccc(CC(N)C(=O)O)cc1. The molecule has 2 atom stereocenters. The fraction of sp³-hybridized carbons (Fsp3) is 0.357. The molecule has 1 aromatic rings. The fourth-order valence-corrected chi connectivity index (χ4v) is 1.72. The van der Waals surface area contributed by atoms with Gasteiger partial charge < -0.3 is 20.4 Å². The number of aliphatic carboxylic acids is 1. The first-order valence-corrected chi connectivity index (χ1v) is 6.05. The van der Waals surface area contributed by atoms with Gasteiger partial charge in [-0.05, 0) is 12.0 Å². The molecule has 0 aromatic heterocycles. The maximum Gasteiger partial charge on any atom is 0.320 e. The van der Waals surface area contributed by atoms with Crippen LogP contribution in [0.5, 0.6) is 0 Å². The highest BCUT2D eigenvalue weighted by Crippen LogP contribution is 2.11. The Morgan fingerprint density at radius 1 is 1.35 bits per heavy atom. The topological polar surface area (TPSA) is 107 Å². The minimum atomic E-state index is -1.08. The molecular weight excluding hydrogens is 262 g/mol. The summed E-state index contributed by atoms with van der Waals surface area (Å²) in [7, 11) is 1.42. The largest absolute Gasteiger partial charge is 0.480 e. The Bertz CT molecular complexity index is 483. The second-order valence-electron chi connectivity index (χ2n) is 4.41. The molecule has 0 fully saturated rings. The fourth-order valence-electron chi connectivity index (χ4n) is 1.72. The van der Waals surface area contributed by atoms with Crippen molar-refractivity contribution < 1.29 is 24.2 Å². The van der Waals surface area contributed by atoms with Crippen molar-refractivity contribution in [1.29, 1.82) is 0 Å². The van der Waals surface area contributed by atoms with E-state index in [4.69, 9.17) is 15.6 Å². The van der Waals surface area contributed by atoms with E-state index >= 15 is 0 Å². The van der Waals surface area contributed by atoms with Crippen molar-refractivity contribution in [2.75, 3.05) is 13.7 Å². The van der Waals surface area contributed by atoms with Crippen molar-refractivity contribution in [3.63, 3.8) is 0 Å². The summed E-state index contributed by atoms with van der Waals surface area (Å²) in [5.41, 5.74) is 6.52. The van der Waals surface area contributed by atoms with E-state index in [2.05, 4.69) is 0 Å². The van der Waals surface area contributed by atoms with Crippen molar-refractivity contribution >= 4 is 18.0 Å². The summed E-state index contributed by atoms with van der Waals surface area (Å²) in [6.07, 6.45) is 0.735. The molecule has 0 heterocycles. The molecule has 0 saturated heterocycles. The van der Waals surface area contributed by atoms with Crippen LogP contribution < -0.4 is 5.73 Å². The van der Waals surface area contributed by atoms with E-state index in [0.717, 1.165) is 0 Å². The maximum atomic E-state index is 12.0. The number of Topliss-reactive ketones (excluding diaryl/α,β-unsaturated/α-hetero) is 1. The Balaban J connectivity index is 2.77. The zero-order valence-corrected chi connectivity index (χ0v) is 11.1. The molecule has 0 bridgehead atoms. The second kappa shape index (κ2) is 7.52. The first-order valence-electron chi connectivity index (χ1n) is 6.05. The van der Waals surface area contributed by atoms with Gasteiger partial charge >= 0.3 is 5.97 Å². The van der Waals surface area contributed by atoms with Crippen molar-refractivity contribution in [1.82, 2.24) is 0 Å². The molecule has 6 heteroatoms. The average Bonchev–Trinajstić information content (AvgIpc) is 2.44. The minimum absolute atomic E-state index is 0.0357. The van der Waals surface area contributed by atoms with E-state index in [9.17, 15) is 14.4 Å². The van der Waals surface area contributed by atoms with Crippen LogP contribution in [0.25, 0.3) is 0 Å². The van der Waals surface area contributed by atoms with Crippen molar-refractivity contribution in [3.8, 4) is 0 Å². The molecule has 0 spiro atoms. The molecule has 6 nitrogen and oxygen atoms in total. The van der Waals surface area contributed by atoms with Gasteiger partial charge in [0, 0.05) is 12.7 Å². The summed E-state index contributed by atoms with van der Waals surface area (Å²) in [6, 6.07) is 5.39. The molecule has 0 aliphatic heterocycles. The van der Waals surface area contributed by atoms with Gasteiger partial charge in [-0.15, -0.1) is 0 Å². The highest BCUT2D eigenvalue weighted by Gasteiger charge is 2.19. The number of ketones is 1. The number of aldehydes is 1. The lowest BCUT2D eigenvalue weighted by Gasteiger charge is -2.10. The van der Waals surface area contributed by atoms with Crippen LogP contribution in [0.1, 0.15) is 15.9 Å². The number of ether oxygens (including phenoxy) is 1. The van der Waals surface area contributed by atoms with Gasteiger partial charge in [-0.3, -0.25) is 9.59 Å². The molecule has 108 valence electrons. The predicted octanol–water partition coefficient (Wildman–Crippen LogP) is 0.285. The Morgan fingerprint density at radius 3 is 2.40 bits per heavy atom. The van der Waals surface area contributed by atoms with E-state index in [1.54, 1.807) is 24.3 Å². The second-order valence-corrected chi connectivity index (χ2v) is 4.41. The van der Waals surface area contributed by atoms with Gasteiger partial charge in [0.2, 0.25) is 0 Å². The quantitative estimate of drug-likeness (QED) is 0.402. The van der Waals surface area contributed by atoms with Crippen LogP contribution >= 0.6 is 0 Å². The van der Waals surface area contributed by atoms with E-state index < -0.39 is 17.9 Å². The summed E-state index contributed by atoms with van der Waals surface area (Å²) in [6.45, 7) is 0.0357.